The number of nitrogens with zero attached hydrogens (tertiary/aromatic N) is 2. The van der Waals surface area contributed by atoms with Crippen LogP contribution in [0.4, 0.5) is 10.5 Å². The van der Waals surface area contributed by atoms with E-state index in [1.54, 1.807) is 36.4 Å². The Labute approximate surface area is 196 Å². The molecular weight excluding hydrogens is 448 g/mol. The van der Waals surface area contributed by atoms with E-state index in [-0.39, 0.29) is 17.9 Å². The fraction of sp³-hybridized carbons (Fsp3) is 0.333. The molecule has 0 radical (unpaired) electrons. The van der Waals surface area contributed by atoms with E-state index >= 15 is 0 Å². The first-order valence-electron chi connectivity index (χ1n) is 10.5. The molecule has 1 aliphatic heterocycles. The standard InChI is InChI=1S/C24H25ClN2O6/c1-4-6-16(11-17(14-26(30)31)15-7-5-8-19(12-15)32-2)22-20-13-18(25)9-10-21(20)27(23(22)28)24(29)33-3/h5,7-10,12-13,17H,4,6,11,14H2,1-3H3/b22-16-/t17-/m0/s1. The second kappa shape index (κ2) is 10.5. The van der Waals surface area contributed by atoms with Crippen molar-refractivity contribution >= 4 is 34.9 Å². The molecular formula is C24H25ClN2O6. The van der Waals surface area contributed by atoms with Crippen LogP contribution in [0.15, 0.2) is 48.0 Å². The Morgan fingerprint density at radius 3 is 2.61 bits per heavy atom. The number of carbonyl (C=O) groups is 2. The molecule has 0 saturated carbocycles. The zero-order valence-electron chi connectivity index (χ0n) is 18.7. The number of carbonyl (C=O) groups excluding carboxylic acids is 2. The van der Waals surface area contributed by atoms with Gasteiger partial charge in [0.1, 0.15) is 5.75 Å². The van der Waals surface area contributed by atoms with Crippen LogP contribution < -0.4 is 9.64 Å². The number of benzene rings is 2. The van der Waals surface area contributed by atoms with E-state index in [1.807, 2.05) is 13.0 Å². The van der Waals surface area contributed by atoms with E-state index in [4.69, 9.17) is 21.1 Å². The Morgan fingerprint density at radius 2 is 1.97 bits per heavy atom. The van der Waals surface area contributed by atoms with E-state index in [1.165, 1.54) is 14.2 Å². The molecule has 0 unspecified atom stereocenters. The van der Waals surface area contributed by atoms with Gasteiger partial charge in [-0.1, -0.05) is 42.7 Å². The number of halogens is 1. The van der Waals surface area contributed by atoms with Gasteiger partial charge in [0.2, 0.25) is 6.54 Å². The molecule has 0 aromatic heterocycles. The third-order valence-corrected chi connectivity index (χ3v) is 5.81. The third-order valence-electron chi connectivity index (χ3n) is 5.58. The molecule has 2 aromatic rings. The van der Waals surface area contributed by atoms with Crippen molar-refractivity contribution in [3.8, 4) is 5.75 Å². The maximum absolute atomic E-state index is 13.4. The molecule has 1 aliphatic rings. The van der Waals surface area contributed by atoms with Crippen molar-refractivity contribution in [1.29, 1.82) is 0 Å². The van der Waals surface area contributed by atoms with Crippen molar-refractivity contribution in [1.82, 2.24) is 0 Å². The summed E-state index contributed by atoms with van der Waals surface area (Å²) in [6.07, 6.45) is 0.706. The summed E-state index contributed by atoms with van der Waals surface area (Å²) in [5.74, 6) is -0.420. The highest BCUT2D eigenvalue weighted by Gasteiger charge is 2.39. The SMILES string of the molecule is CCC/C(C[C@@H](C[N+](=O)[O-])c1cccc(OC)c1)=C1/C(=O)N(C(=O)OC)c2ccc(Cl)cc21. The predicted octanol–water partition coefficient (Wildman–Crippen LogP) is 5.47. The zero-order chi connectivity index (χ0) is 24.1. The highest BCUT2D eigenvalue weighted by molar-refractivity contribution is 6.40. The van der Waals surface area contributed by atoms with Crippen LogP contribution in [0.2, 0.25) is 5.02 Å². The van der Waals surface area contributed by atoms with Crippen LogP contribution in [-0.2, 0) is 9.53 Å². The maximum Gasteiger partial charge on any atom is 0.421 e. The smallest absolute Gasteiger partial charge is 0.421 e. The van der Waals surface area contributed by atoms with E-state index < -0.39 is 17.9 Å². The maximum atomic E-state index is 13.4. The highest BCUT2D eigenvalue weighted by Crippen LogP contribution is 2.43. The van der Waals surface area contributed by atoms with E-state index in [2.05, 4.69) is 0 Å². The molecule has 0 bridgehead atoms. The number of amides is 2. The van der Waals surface area contributed by atoms with E-state index in [0.29, 0.717) is 40.4 Å². The van der Waals surface area contributed by atoms with Crippen molar-refractivity contribution in [2.75, 3.05) is 25.7 Å². The van der Waals surface area contributed by atoms with Crippen LogP contribution in [0.25, 0.3) is 5.57 Å². The average molecular weight is 473 g/mol. The van der Waals surface area contributed by atoms with Gasteiger partial charge in [0.05, 0.1) is 25.8 Å². The highest BCUT2D eigenvalue weighted by atomic mass is 35.5. The largest absolute Gasteiger partial charge is 0.497 e. The monoisotopic (exact) mass is 472 g/mol. The lowest BCUT2D eigenvalue weighted by Gasteiger charge is -2.18. The van der Waals surface area contributed by atoms with E-state index in [0.717, 1.165) is 16.0 Å². The Kier molecular flexibility index (Phi) is 7.71. The average Bonchev–Trinajstić information content (AvgIpc) is 3.08. The third kappa shape index (κ3) is 5.17. The van der Waals surface area contributed by atoms with Crippen molar-refractivity contribution < 1.29 is 24.0 Å². The lowest BCUT2D eigenvalue weighted by atomic mass is 9.86. The van der Waals surface area contributed by atoms with Crippen molar-refractivity contribution in [2.45, 2.75) is 32.1 Å². The number of rotatable bonds is 8. The number of methoxy groups -OCH3 is 2. The summed E-state index contributed by atoms with van der Waals surface area (Å²) in [4.78, 5) is 37.9. The number of fused-ring (bicyclic) bond motifs is 1. The molecule has 0 N–H and O–H groups in total. The molecule has 2 aromatic carbocycles. The number of hydrogen-bond donors (Lipinski definition) is 0. The van der Waals surface area contributed by atoms with Crippen LogP contribution in [0.3, 0.4) is 0 Å². The molecule has 33 heavy (non-hydrogen) atoms. The minimum atomic E-state index is -0.802. The molecule has 0 saturated heterocycles. The van der Waals surface area contributed by atoms with Gasteiger partial charge in [-0.15, -0.1) is 0 Å². The van der Waals surface area contributed by atoms with Crippen molar-refractivity contribution in [3.63, 3.8) is 0 Å². The lowest BCUT2D eigenvalue weighted by Crippen LogP contribution is -2.33. The summed E-state index contributed by atoms with van der Waals surface area (Å²) in [7, 11) is 2.74. The minimum absolute atomic E-state index is 0.268. The summed E-state index contributed by atoms with van der Waals surface area (Å²) in [5, 5.41) is 11.9. The van der Waals surface area contributed by atoms with Crippen LogP contribution in [0.1, 0.15) is 43.2 Å². The van der Waals surface area contributed by atoms with Crippen LogP contribution in [0.5, 0.6) is 5.75 Å². The topological polar surface area (TPSA) is 99.0 Å². The Bertz CT molecular complexity index is 1110. The fourth-order valence-electron chi connectivity index (χ4n) is 4.15. The van der Waals surface area contributed by atoms with Crippen LogP contribution >= 0.6 is 11.6 Å². The molecule has 174 valence electrons. The quantitative estimate of drug-likeness (QED) is 0.287. The first-order valence-corrected chi connectivity index (χ1v) is 10.9. The summed E-state index contributed by atoms with van der Waals surface area (Å²) < 4.78 is 10.1. The van der Waals surface area contributed by atoms with Gasteiger partial charge in [-0.3, -0.25) is 14.9 Å². The van der Waals surface area contributed by atoms with Crippen LogP contribution in [-0.4, -0.2) is 37.7 Å². The van der Waals surface area contributed by atoms with Gasteiger partial charge in [-0.2, -0.15) is 0 Å². The molecule has 0 fully saturated rings. The first-order chi connectivity index (χ1) is 15.8. The van der Waals surface area contributed by atoms with Crippen molar-refractivity contribution in [2.24, 2.45) is 0 Å². The number of nitro groups is 1. The Hall–Kier alpha value is -3.39. The predicted molar refractivity (Wildman–Crippen MR) is 125 cm³/mol. The van der Waals surface area contributed by atoms with Crippen molar-refractivity contribution in [3.05, 3.63) is 74.3 Å². The van der Waals surface area contributed by atoms with Gasteiger partial charge in [-0.05, 0) is 48.7 Å². The fourth-order valence-corrected chi connectivity index (χ4v) is 4.32. The number of hydrogen-bond acceptors (Lipinski definition) is 6. The first kappa shape index (κ1) is 24.3. The molecule has 0 aliphatic carbocycles. The number of imide groups is 1. The Balaban J connectivity index is 2.15. The van der Waals surface area contributed by atoms with Gasteiger partial charge in [0, 0.05) is 21.1 Å². The van der Waals surface area contributed by atoms with E-state index in [9.17, 15) is 19.7 Å². The molecule has 2 amide bonds. The lowest BCUT2D eigenvalue weighted by molar-refractivity contribution is -0.483. The van der Waals surface area contributed by atoms with Crippen LogP contribution in [0, 0.1) is 10.1 Å². The molecule has 1 atom stereocenters. The summed E-state index contributed by atoms with van der Waals surface area (Å²) in [5.41, 5.74) is 2.71. The molecule has 0 spiro atoms. The summed E-state index contributed by atoms with van der Waals surface area (Å²) >= 11 is 6.21. The molecule has 1 heterocycles. The second-order valence-electron chi connectivity index (χ2n) is 7.69. The second-order valence-corrected chi connectivity index (χ2v) is 8.13. The van der Waals surface area contributed by atoms with Gasteiger partial charge >= 0.3 is 6.09 Å². The normalized spacial score (nSPS) is 15.2. The number of ether oxygens (including phenoxy) is 2. The number of allylic oxidation sites excluding steroid dienone is 1. The van der Waals surface area contributed by atoms with Gasteiger partial charge in [0.15, 0.2) is 0 Å². The van der Waals surface area contributed by atoms with Gasteiger partial charge < -0.3 is 9.47 Å². The molecule has 8 nitrogen and oxygen atoms in total. The molecule has 9 heteroatoms. The minimum Gasteiger partial charge on any atom is -0.497 e. The molecule has 3 rings (SSSR count). The summed E-state index contributed by atoms with van der Waals surface area (Å²) in [6.45, 7) is 1.65. The number of anilines is 1. The van der Waals surface area contributed by atoms with Gasteiger partial charge in [-0.25, -0.2) is 9.69 Å². The Morgan fingerprint density at radius 1 is 1.21 bits per heavy atom. The van der Waals surface area contributed by atoms with Gasteiger partial charge in [0.25, 0.3) is 5.91 Å². The zero-order valence-corrected chi connectivity index (χ0v) is 19.4. The summed E-state index contributed by atoms with van der Waals surface area (Å²) in [6, 6.07) is 12.0.